The Morgan fingerprint density at radius 3 is 2.79 bits per heavy atom. The molecule has 0 spiro atoms. The number of carbonyl (C=O) groups is 1. The maximum absolute atomic E-state index is 12.5. The van der Waals surface area contributed by atoms with Crippen LogP contribution in [0.25, 0.3) is 0 Å². The van der Waals surface area contributed by atoms with Crippen molar-refractivity contribution in [1.82, 2.24) is 0 Å². The molecule has 0 amide bonds. The molecule has 5 unspecified atom stereocenters. The van der Waals surface area contributed by atoms with Crippen molar-refractivity contribution >= 4 is 5.97 Å². The van der Waals surface area contributed by atoms with Crippen LogP contribution in [-0.4, -0.2) is 17.2 Å². The summed E-state index contributed by atoms with van der Waals surface area (Å²) in [6.45, 7) is 4.61. The van der Waals surface area contributed by atoms with Gasteiger partial charge in [-0.1, -0.05) is 45.6 Å². The normalized spacial score (nSPS) is 32.9. The van der Waals surface area contributed by atoms with Gasteiger partial charge in [-0.3, -0.25) is 4.79 Å². The first-order chi connectivity index (χ1) is 14.0. The number of aryl methyl sites for hydroxylation is 1. The first-order valence-electron chi connectivity index (χ1n) is 12.0. The van der Waals surface area contributed by atoms with Gasteiger partial charge in [0, 0.05) is 11.8 Å². The molecule has 5 atom stereocenters. The molecule has 0 radical (unpaired) electrons. The molecule has 0 saturated heterocycles. The SMILES string of the molecule is CCCCCCCC(=O)OC1CCC2C3CCc4cc(O)ccc4C3CCC12C. The number of phenols is 1. The molecule has 1 aromatic rings. The van der Waals surface area contributed by atoms with Gasteiger partial charge in [0.25, 0.3) is 0 Å². The molecule has 3 aliphatic carbocycles. The molecule has 3 nitrogen and oxygen atoms in total. The number of carbonyl (C=O) groups excluding carboxylic acids is 1. The largest absolute Gasteiger partial charge is 0.508 e. The van der Waals surface area contributed by atoms with Crippen LogP contribution in [0.1, 0.15) is 102 Å². The number of benzene rings is 1. The number of aromatic hydroxyl groups is 1. The van der Waals surface area contributed by atoms with E-state index in [2.05, 4.69) is 19.9 Å². The summed E-state index contributed by atoms with van der Waals surface area (Å²) in [5.41, 5.74) is 2.96. The highest BCUT2D eigenvalue weighted by molar-refractivity contribution is 5.69. The number of hydrogen-bond donors (Lipinski definition) is 1. The van der Waals surface area contributed by atoms with Crippen LogP contribution in [0.5, 0.6) is 5.75 Å². The minimum absolute atomic E-state index is 0.0277. The fourth-order valence-corrected chi connectivity index (χ4v) is 6.80. The van der Waals surface area contributed by atoms with Gasteiger partial charge in [0.1, 0.15) is 11.9 Å². The number of unbranched alkanes of at least 4 members (excludes halogenated alkanes) is 4. The lowest BCUT2D eigenvalue weighted by molar-refractivity contribution is -0.157. The Balaban J connectivity index is 1.38. The Bertz CT molecular complexity index is 727. The van der Waals surface area contributed by atoms with Crippen LogP contribution >= 0.6 is 0 Å². The van der Waals surface area contributed by atoms with Crippen LogP contribution in [0.4, 0.5) is 0 Å². The van der Waals surface area contributed by atoms with Gasteiger partial charge in [-0.15, -0.1) is 0 Å². The Labute approximate surface area is 176 Å². The summed E-state index contributed by atoms with van der Waals surface area (Å²) in [5, 5.41) is 9.85. The second-order valence-corrected chi connectivity index (χ2v) is 10.1. The van der Waals surface area contributed by atoms with E-state index >= 15 is 0 Å². The van der Waals surface area contributed by atoms with Gasteiger partial charge in [0.15, 0.2) is 0 Å². The van der Waals surface area contributed by atoms with E-state index < -0.39 is 0 Å². The van der Waals surface area contributed by atoms with Crippen molar-refractivity contribution < 1.29 is 14.6 Å². The quantitative estimate of drug-likeness (QED) is 0.420. The number of ether oxygens (including phenoxy) is 1. The zero-order valence-corrected chi connectivity index (χ0v) is 18.3. The average Bonchev–Trinajstić information content (AvgIpc) is 3.03. The van der Waals surface area contributed by atoms with Crippen LogP contribution in [0, 0.1) is 17.3 Å². The zero-order valence-electron chi connectivity index (χ0n) is 18.3. The second kappa shape index (κ2) is 8.70. The van der Waals surface area contributed by atoms with Crippen LogP contribution < -0.4 is 0 Å². The third-order valence-corrected chi connectivity index (χ3v) is 8.38. The highest BCUT2D eigenvalue weighted by atomic mass is 16.5. The molecule has 1 N–H and O–H groups in total. The summed E-state index contributed by atoms with van der Waals surface area (Å²) < 4.78 is 6.08. The summed E-state index contributed by atoms with van der Waals surface area (Å²) in [5.74, 6) is 2.39. The van der Waals surface area contributed by atoms with Gasteiger partial charge in [0.05, 0.1) is 0 Å². The van der Waals surface area contributed by atoms with Crippen molar-refractivity contribution in [3.63, 3.8) is 0 Å². The van der Waals surface area contributed by atoms with E-state index in [-0.39, 0.29) is 17.5 Å². The number of phenolic OH excluding ortho intramolecular Hbond substituents is 1. The molecule has 2 fully saturated rings. The Morgan fingerprint density at radius 1 is 1.14 bits per heavy atom. The highest BCUT2D eigenvalue weighted by Crippen LogP contribution is 2.61. The topological polar surface area (TPSA) is 46.5 Å². The third kappa shape index (κ3) is 4.07. The van der Waals surface area contributed by atoms with Crippen LogP contribution in [-0.2, 0) is 16.0 Å². The van der Waals surface area contributed by atoms with Gasteiger partial charge in [-0.25, -0.2) is 0 Å². The van der Waals surface area contributed by atoms with E-state index in [0.717, 1.165) is 32.1 Å². The Morgan fingerprint density at radius 2 is 1.97 bits per heavy atom. The van der Waals surface area contributed by atoms with Crippen LogP contribution in [0.15, 0.2) is 18.2 Å². The van der Waals surface area contributed by atoms with Crippen molar-refractivity contribution in [1.29, 1.82) is 0 Å². The number of fused-ring (bicyclic) bond motifs is 5. The van der Waals surface area contributed by atoms with E-state index in [4.69, 9.17) is 4.74 Å². The maximum Gasteiger partial charge on any atom is 0.306 e. The lowest BCUT2D eigenvalue weighted by atomic mass is 9.55. The van der Waals surface area contributed by atoms with E-state index in [1.165, 1.54) is 49.7 Å². The minimum Gasteiger partial charge on any atom is -0.508 e. The second-order valence-electron chi connectivity index (χ2n) is 10.1. The Hall–Kier alpha value is -1.51. The van der Waals surface area contributed by atoms with Gasteiger partial charge < -0.3 is 9.84 Å². The summed E-state index contributed by atoms with van der Waals surface area (Å²) in [6, 6.07) is 5.99. The summed E-state index contributed by atoms with van der Waals surface area (Å²) in [4.78, 5) is 12.5. The molecule has 0 heterocycles. The zero-order chi connectivity index (χ0) is 20.4. The third-order valence-electron chi connectivity index (χ3n) is 8.38. The van der Waals surface area contributed by atoms with E-state index in [0.29, 0.717) is 29.9 Å². The standard InChI is InChI=1S/C26H38O3/c1-3-4-5-6-7-8-25(28)29-24-14-13-23-22-11-9-18-17-19(27)10-12-20(18)21(22)15-16-26(23,24)2/h10,12,17,21-24,27H,3-9,11,13-16H2,1-2H3. The number of rotatable bonds is 7. The minimum atomic E-state index is 0.0277. The van der Waals surface area contributed by atoms with Crippen molar-refractivity contribution in [2.75, 3.05) is 0 Å². The van der Waals surface area contributed by atoms with Crippen molar-refractivity contribution in [3.8, 4) is 5.75 Å². The van der Waals surface area contributed by atoms with E-state index in [9.17, 15) is 9.90 Å². The van der Waals surface area contributed by atoms with Crippen LogP contribution in [0.3, 0.4) is 0 Å². The lowest BCUT2D eigenvalue weighted by Crippen LogP contribution is -2.45. The lowest BCUT2D eigenvalue weighted by Gasteiger charge is -2.50. The van der Waals surface area contributed by atoms with Crippen LogP contribution in [0.2, 0.25) is 0 Å². The predicted molar refractivity (Wildman–Crippen MR) is 116 cm³/mol. The molecule has 0 aromatic heterocycles. The molecule has 29 heavy (non-hydrogen) atoms. The molecular formula is C26H38O3. The number of hydrogen-bond acceptors (Lipinski definition) is 3. The molecule has 0 bridgehead atoms. The van der Waals surface area contributed by atoms with Gasteiger partial charge in [-0.2, -0.15) is 0 Å². The summed E-state index contributed by atoms with van der Waals surface area (Å²) >= 11 is 0. The molecule has 0 aliphatic heterocycles. The molecule has 160 valence electrons. The van der Waals surface area contributed by atoms with Gasteiger partial charge in [-0.05, 0) is 86.0 Å². The highest BCUT2D eigenvalue weighted by Gasteiger charge is 2.56. The van der Waals surface area contributed by atoms with Gasteiger partial charge >= 0.3 is 5.97 Å². The van der Waals surface area contributed by atoms with E-state index in [1.54, 1.807) is 0 Å². The smallest absolute Gasteiger partial charge is 0.306 e. The molecule has 2 saturated carbocycles. The van der Waals surface area contributed by atoms with Gasteiger partial charge in [0.2, 0.25) is 0 Å². The monoisotopic (exact) mass is 398 g/mol. The maximum atomic E-state index is 12.5. The fraction of sp³-hybridized carbons (Fsp3) is 0.731. The van der Waals surface area contributed by atoms with Crippen molar-refractivity contribution in [3.05, 3.63) is 29.3 Å². The number of esters is 1. The van der Waals surface area contributed by atoms with Crippen molar-refractivity contribution in [2.24, 2.45) is 17.3 Å². The van der Waals surface area contributed by atoms with E-state index in [1.807, 2.05) is 12.1 Å². The predicted octanol–water partition coefficient (Wildman–Crippen LogP) is 6.52. The Kier molecular flexibility index (Phi) is 6.22. The molecule has 3 aliphatic rings. The molecule has 1 aromatic carbocycles. The average molecular weight is 399 g/mol. The first kappa shape index (κ1) is 20.8. The molecular weight excluding hydrogens is 360 g/mol. The molecule has 3 heteroatoms. The summed E-state index contributed by atoms with van der Waals surface area (Å²) in [6.07, 6.45) is 13.4. The first-order valence-corrected chi connectivity index (χ1v) is 12.0. The fourth-order valence-electron chi connectivity index (χ4n) is 6.80. The summed E-state index contributed by atoms with van der Waals surface area (Å²) in [7, 11) is 0. The van der Waals surface area contributed by atoms with Crippen molar-refractivity contribution in [2.45, 2.75) is 103 Å². The molecule has 4 rings (SSSR count).